The number of aliphatic hydroxyl groups is 1. The van der Waals surface area contributed by atoms with Gasteiger partial charge in [0.05, 0.1) is 18.3 Å². The van der Waals surface area contributed by atoms with Crippen LogP contribution in [-0.4, -0.2) is 28.9 Å². The summed E-state index contributed by atoms with van der Waals surface area (Å²) in [6.45, 7) is 8.53. The van der Waals surface area contributed by atoms with Gasteiger partial charge in [0.15, 0.2) is 5.76 Å². The number of aromatic nitrogens is 1. The molecule has 2 atom stereocenters. The topological polar surface area (TPSA) is 87.4 Å². The van der Waals surface area contributed by atoms with Gasteiger partial charge < -0.3 is 20.3 Å². The molecule has 2 amide bonds. The summed E-state index contributed by atoms with van der Waals surface area (Å²) in [7, 11) is 0. The van der Waals surface area contributed by atoms with E-state index in [-0.39, 0.29) is 25.0 Å². The Kier molecular flexibility index (Phi) is 6.51. The maximum Gasteiger partial charge on any atom is 0.315 e. The zero-order chi connectivity index (χ0) is 15.1. The van der Waals surface area contributed by atoms with Crippen molar-refractivity contribution in [2.24, 2.45) is 5.92 Å². The van der Waals surface area contributed by atoms with Crippen LogP contribution in [0.4, 0.5) is 4.79 Å². The molecule has 1 rings (SSSR count). The molecule has 114 valence electrons. The highest BCUT2D eigenvalue weighted by molar-refractivity contribution is 5.73. The van der Waals surface area contributed by atoms with E-state index in [0.29, 0.717) is 11.7 Å². The van der Waals surface area contributed by atoms with Crippen molar-refractivity contribution in [2.75, 3.05) is 6.54 Å². The molecule has 0 saturated carbocycles. The summed E-state index contributed by atoms with van der Waals surface area (Å²) < 4.78 is 5.12. The lowest BCUT2D eigenvalue weighted by Gasteiger charge is -2.17. The Hall–Kier alpha value is -1.56. The molecule has 0 aliphatic rings. The third-order valence-electron chi connectivity index (χ3n) is 3.36. The number of hydrogen-bond acceptors (Lipinski definition) is 4. The number of nitrogens with zero attached hydrogens (tertiary/aromatic N) is 1. The van der Waals surface area contributed by atoms with E-state index in [9.17, 15) is 9.90 Å². The number of rotatable bonds is 7. The second-order valence-corrected chi connectivity index (χ2v) is 5.39. The van der Waals surface area contributed by atoms with Crippen LogP contribution in [0.2, 0.25) is 0 Å². The summed E-state index contributed by atoms with van der Waals surface area (Å²) in [5.74, 6) is 1.08. The molecule has 0 aromatic carbocycles. The molecule has 1 heterocycles. The average Bonchev–Trinajstić information content (AvgIpc) is 2.90. The Bertz CT molecular complexity index is 418. The van der Waals surface area contributed by atoms with Gasteiger partial charge in [-0.15, -0.1) is 0 Å². The summed E-state index contributed by atoms with van der Waals surface area (Å²) in [5, 5.41) is 19.0. The highest BCUT2D eigenvalue weighted by Crippen LogP contribution is 2.13. The molecule has 0 fully saturated rings. The number of carbonyl (C=O) groups is 1. The third kappa shape index (κ3) is 5.21. The van der Waals surface area contributed by atoms with Crippen molar-refractivity contribution in [3.63, 3.8) is 0 Å². The first-order chi connectivity index (χ1) is 9.43. The summed E-state index contributed by atoms with van der Waals surface area (Å²) in [4.78, 5) is 11.6. The van der Waals surface area contributed by atoms with Gasteiger partial charge in [0.1, 0.15) is 0 Å². The van der Waals surface area contributed by atoms with Crippen molar-refractivity contribution < 1.29 is 14.4 Å². The quantitative estimate of drug-likeness (QED) is 0.714. The van der Waals surface area contributed by atoms with Crippen LogP contribution in [0.15, 0.2) is 10.6 Å². The molecular weight excluding hydrogens is 258 g/mol. The number of aliphatic hydroxyl groups excluding tert-OH is 1. The highest BCUT2D eigenvalue weighted by atomic mass is 16.5. The second kappa shape index (κ2) is 7.89. The minimum atomic E-state index is -0.524. The van der Waals surface area contributed by atoms with Crippen LogP contribution in [0.1, 0.15) is 51.5 Å². The average molecular weight is 283 g/mol. The Morgan fingerprint density at radius 3 is 2.65 bits per heavy atom. The van der Waals surface area contributed by atoms with Gasteiger partial charge in [0.25, 0.3) is 0 Å². The Balaban J connectivity index is 2.29. The van der Waals surface area contributed by atoms with E-state index in [4.69, 9.17) is 4.52 Å². The Morgan fingerprint density at radius 1 is 1.40 bits per heavy atom. The number of hydrogen-bond donors (Lipinski definition) is 3. The Labute approximate surface area is 119 Å². The fourth-order valence-corrected chi connectivity index (χ4v) is 1.58. The summed E-state index contributed by atoms with van der Waals surface area (Å²) in [6, 6.07) is 1.51. The molecule has 3 N–H and O–H groups in total. The van der Waals surface area contributed by atoms with E-state index in [1.807, 2.05) is 33.8 Å². The Morgan fingerprint density at radius 2 is 2.10 bits per heavy atom. The van der Waals surface area contributed by atoms with Gasteiger partial charge in [-0.3, -0.25) is 0 Å². The fourth-order valence-electron chi connectivity index (χ4n) is 1.58. The lowest BCUT2D eigenvalue weighted by molar-refractivity contribution is 0.114. The van der Waals surface area contributed by atoms with E-state index >= 15 is 0 Å². The molecule has 0 aliphatic carbocycles. The molecule has 20 heavy (non-hydrogen) atoms. The molecule has 2 unspecified atom stereocenters. The number of urea groups is 1. The lowest BCUT2D eigenvalue weighted by Crippen LogP contribution is -2.41. The molecule has 0 saturated heterocycles. The maximum absolute atomic E-state index is 11.6. The number of carbonyl (C=O) groups excluding carboxylic acids is 1. The van der Waals surface area contributed by atoms with Crippen LogP contribution in [0.5, 0.6) is 0 Å². The van der Waals surface area contributed by atoms with Crippen LogP contribution in [0, 0.1) is 5.92 Å². The molecule has 0 radical (unpaired) electrons. The van der Waals surface area contributed by atoms with Gasteiger partial charge in [-0.05, 0) is 11.8 Å². The first-order valence-electron chi connectivity index (χ1n) is 7.09. The van der Waals surface area contributed by atoms with Gasteiger partial charge in [0, 0.05) is 12.6 Å². The summed E-state index contributed by atoms with van der Waals surface area (Å²) in [5.41, 5.74) is 0.870. The van der Waals surface area contributed by atoms with Gasteiger partial charge in [-0.25, -0.2) is 4.79 Å². The van der Waals surface area contributed by atoms with E-state index in [2.05, 4.69) is 15.8 Å². The molecule has 1 aromatic heterocycles. The van der Waals surface area contributed by atoms with Gasteiger partial charge in [-0.1, -0.05) is 39.3 Å². The molecule has 6 nitrogen and oxygen atoms in total. The van der Waals surface area contributed by atoms with Crippen LogP contribution < -0.4 is 10.6 Å². The van der Waals surface area contributed by atoms with Gasteiger partial charge in [-0.2, -0.15) is 0 Å². The van der Waals surface area contributed by atoms with Crippen LogP contribution in [0.25, 0.3) is 0 Å². The van der Waals surface area contributed by atoms with Crippen LogP contribution in [0.3, 0.4) is 0 Å². The zero-order valence-corrected chi connectivity index (χ0v) is 12.6. The minimum absolute atomic E-state index is 0.165. The first-order valence-corrected chi connectivity index (χ1v) is 7.09. The second-order valence-electron chi connectivity index (χ2n) is 5.39. The maximum atomic E-state index is 11.6. The molecule has 1 aromatic rings. The van der Waals surface area contributed by atoms with E-state index < -0.39 is 6.10 Å². The van der Waals surface area contributed by atoms with Crippen molar-refractivity contribution in [3.8, 4) is 0 Å². The van der Waals surface area contributed by atoms with E-state index in [1.54, 1.807) is 0 Å². The van der Waals surface area contributed by atoms with Crippen LogP contribution in [-0.2, 0) is 6.54 Å². The number of nitrogens with one attached hydrogen (secondary N) is 2. The summed E-state index contributed by atoms with van der Waals surface area (Å²) >= 11 is 0. The first kappa shape index (κ1) is 16.5. The van der Waals surface area contributed by atoms with Crippen molar-refractivity contribution in [3.05, 3.63) is 17.5 Å². The molecule has 0 bridgehead atoms. The van der Waals surface area contributed by atoms with Crippen LogP contribution >= 0.6 is 0 Å². The van der Waals surface area contributed by atoms with Crippen molar-refractivity contribution >= 4 is 6.03 Å². The molecule has 0 aliphatic heterocycles. The monoisotopic (exact) mass is 283 g/mol. The zero-order valence-electron chi connectivity index (χ0n) is 12.6. The van der Waals surface area contributed by atoms with Gasteiger partial charge in [0.2, 0.25) is 0 Å². The molecular formula is C14H25N3O3. The fraction of sp³-hybridized carbons (Fsp3) is 0.714. The van der Waals surface area contributed by atoms with E-state index in [1.165, 1.54) is 0 Å². The van der Waals surface area contributed by atoms with Gasteiger partial charge >= 0.3 is 6.03 Å². The standard InChI is InChI=1S/C14H25N3O3/c1-5-10(4)13(18)8-16-14(19)15-7-11-6-12(9(2)3)17-20-11/h6,9-10,13,18H,5,7-8H2,1-4H3,(H2,15,16,19). The minimum Gasteiger partial charge on any atom is -0.391 e. The summed E-state index contributed by atoms with van der Waals surface area (Å²) in [6.07, 6.45) is 0.351. The normalized spacial score (nSPS) is 14.1. The van der Waals surface area contributed by atoms with Crippen molar-refractivity contribution in [1.29, 1.82) is 0 Å². The van der Waals surface area contributed by atoms with Crippen molar-refractivity contribution in [1.82, 2.24) is 15.8 Å². The van der Waals surface area contributed by atoms with E-state index in [0.717, 1.165) is 12.1 Å². The third-order valence-corrected chi connectivity index (χ3v) is 3.36. The SMILES string of the molecule is CCC(C)C(O)CNC(=O)NCc1cc(C(C)C)no1. The predicted octanol–water partition coefficient (Wildman–Crippen LogP) is 2.00. The smallest absolute Gasteiger partial charge is 0.315 e. The van der Waals surface area contributed by atoms with Crippen molar-refractivity contribution in [2.45, 2.75) is 52.7 Å². The highest BCUT2D eigenvalue weighted by Gasteiger charge is 2.13. The number of amides is 2. The molecule has 0 spiro atoms. The molecule has 6 heteroatoms. The largest absolute Gasteiger partial charge is 0.391 e. The lowest BCUT2D eigenvalue weighted by atomic mass is 10.0. The predicted molar refractivity (Wildman–Crippen MR) is 76.3 cm³/mol.